The third kappa shape index (κ3) is 3.20. The molecule has 1 aromatic heterocycles. The van der Waals surface area contributed by atoms with Crippen molar-refractivity contribution in [1.82, 2.24) is 10.1 Å². The molecule has 21 heavy (non-hydrogen) atoms. The Hall–Kier alpha value is -2.40. The van der Waals surface area contributed by atoms with Crippen LogP contribution in [0.2, 0.25) is 5.02 Å². The molecule has 0 fully saturated rings. The first kappa shape index (κ1) is 13.6. The van der Waals surface area contributed by atoms with Crippen molar-refractivity contribution in [3.8, 4) is 17.5 Å². The molecule has 0 aliphatic rings. The molecule has 0 aliphatic heterocycles. The van der Waals surface area contributed by atoms with E-state index in [0.29, 0.717) is 16.4 Å². The van der Waals surface area contributed by atoms with Crippen LogP contribution >= 0.6 is 11.6 Å². The zero-order valence-corrected chi connectivity index (χ0v) is 11.5. The lowest BCUT2D eigenvalue weighted by atomic mass is 10.2. The molecule has 0 atom stereocenters. The SMILES string of the molecule is Fc1ccc(COc2nc(-c3ccccc3Cl)no2)cc1. The molecule has 4 nitrogen and oxygen atoms in total. The molecule has 0 amide bonds. The second-order valence-corrected chi connectivity index (χ2v) is 4.69. The molecule has 0 saturated heterocycles. The Morgan fingerprint density at radius 2 is 1.86 bits per heavy atom. The van der Waals surface area contributed by atoms with Gasteiger partial charge in [0.25, 0.3) is 0 Å². The minimum atomic E-state index is -0.294. The Morgan fingerprint density at radius 1 is 1.10 bits per heavy atom. The Labute approximate surface area is 125 Å². The second-order valence-electron chi connectivity index (χ2n) is 4.28. The van der Waals surface area contributed by atoms with E-state index < -0.39 is 0 Å². The van der Waals surface area contributed by atoms with Crippen LogP contribution in [0, 0.1) is 5.82 Å². The molecular weight excluding hydrogens is 295 g/mol. The van der Waals surface area contributed by atoms with Gasteiger partial charge in [0.1, 0.15) is 12.4 Å². The summed E-state index contributed by atoms with van der Waals surface area (Å²) in [4.78, 5) is 4.12. The monoisotopic (exact) mass is 304 g/mol. The summed E-state index contributed by atoms with van der Waals surface area (Å²) < 4.78 is 23.2. The van der Waals surface area contributed by atoms with Crippen molar-refractivity contribution in [3.63, 3.8) is 0 Å². The molecular formula is C15H10ClFN2O2. The van der Waals surface area contributed by atoms with Gasteiger partial charge in [-0.25, -0.2) is 4.39 Å². The third-order valence-electron chi connectivity index (χ3n) is 2.80. The van der Waals surface area contributed by atoms with Gasteiger partial charge in [-0.05, 0) is 29.8 Å². The molecule has 2 aromatic carbocycles. The van der Waals surface area contributed by atoms with E-state index in [2.05, 4.69) is 10.1 Å². The van der Waals surface area contributed by atoms with Gasteiger partial charge >= 0.3 is 6.08 Å². The lowest BCUT2D eigenvalue weighted by Gasteiger charge is -2.00. The van der Waals surface area contributed by atoms with Crippen LogP contribution in [0.15, 0.2) is 53.1 Å². The van der Waals surface area contributed by atoms with E-state index in [0.717, 1.165) is 5.56 Å². The van der Waals surface area contributed by atoms with Crippen molar-refractivity contribution in [1.29, 1.82) is 0 Å². The van der Waals surface area contributed by atoms with Gasteiger partial charge < -0.3 is 4.74 Å². The van der Waals surface area contributed by atoms with Crippen molar-refractivity contribution in [2.75, 3.05) is 0 Å². The second kappa shape index (κ2) is 5.93. The van der Waals surface area contributed by atoms with Gasteiger partial charge in [-0.1, -0.05) is 41.0 Å². The van der Waals surface area contributed by atoms with Gasteiger partial charge in [0.2, 0.25) is 5.82 Å². The fourth-order valence-electron chi connectivity index (χ4n) is 1.75. The molecule has 1 heterocycles. The summed E-state index contributed by atoms with van der Waals surface area (Å²) in [7, 11) is 0. The summed E-state index contributed by atoms with van der Waals surface area (Å²) in [6.07, 6.45) is 0.0363. The number of nitrogens with zero attached hydrogens (tertiary/aromatic N) is 2. The average molecular weight is 305 g/mol. The largest absolute Gasteiger partial charge is 0.444 e. The Morgan fingerprint density at radius 3 is 2.62 bits per heavy atom. The quantitative estimate of drug-likeness (QED) is 0.728. The first-order chi connectivity index (χ1) is 10.2. The number of hydrogen-bond donors (Lipinski definition) is 0. The highest BCUT2D eigenvalue weighted by atomic mass is 35.5. The maximum absolute atomic E-state index is 12.8. The summed E-state index contributed by atoms with van der Waals surface area (Å²) in [6.45, 7) is 0.213. The lowest BCUT2D eigenvalue weighted by Crippen LogP contribution is -1.95. The van der Waals surface area contributed by atoms with Crippen molar-refractivity contribution < 1.29 is 13.7 Å². The molecule has 3 rings (SSSR count). The van der Waals surface area contributed by atoms with E-state index >= 15 is 0 Å². The molecule has 6 heteroatoms. The van der Waals surface area contributed by atoms with Crippen LogP contribution < -0.4 is 4.74 Å². The van der Waals surface area contributed by atoms with Crippen LogP contribution in [0.3, 0.4) is 0 Å². The van der Waals surface area contributed by atoms with Crippen LogP contribution in [-0.4, -0.2) is 10.1 Å². The van der Waals surface area contributed by atoms with Gasteiger partial charge in [0.05, 0.1) is 5.02 Å². The standard InChI is InChI=1S/C15H10ClFN2O2/c16-13-4-2-1-3-12(13)14-18-15(21-19-14)20-9-10-5-7-11(17)8-6-10/h1-8H,9H2. The van der Waals surface area contributed by atoms with Crippen LogP contribution in [0.4, 0.5) is 4.39 Å². The Kier molecular flexibility index (Phi) is 3.83. The van der Waals surface area contributed by atoms with E-state index in [9.17, 15) is 4.39 Å². The van der Waals surface area contributed by atoms with Crippen molar-refractivity contribution in [2.45, 2.75) is 6.61 Å². The topological polar surface area (TPSA) is 48.2 Å². The highest BCUT2D eigenvalue weighted by molar-refractivity contribution is 6.33. The summed E-state index contributed by atoms with van der Waals surface area (Å²) >= 11 is 6.06. The highest BCUT2D eigenvalue weighted by Crippen LogP contribution is 2.26. The predicted molar refractivity (Wildman–Crippen MR) is 75.5 cm³/mol. The zero-order chi connectivity index (χ0) is 14.7. The molecule has 3 aromatic rings. The van der Waals surface area contributed by atoms with Crippen molar-refractivity contribution in [2.24, 2.45) is 0 Å². The van der Waals surface area contributed by atoms with Crippen molar-refractivity contribution >= 4 is 11.6 Å². The predicted octanol–water partition coefficient (Wildman–Crippen LogP) is 4.11. The molecule has 0 saturated carbocycles. The maximum atomic E-state index is 12.8. The number of aromatic nitrogens is 2. The van der Waals surface area contributed by atoms with Crippen LogP contribution in [0.5, 0.6) is 6.08 Å². The normalized spacial score (nSPS) is 10.6. The Bertz CT molecular complexity index is 743. The molecule has 0 bridgehead atoms. The molecule has 0 aliphatic carbocycles. The molecule has 0 spiro atoms. The molecule has 0 unspecified atom stereocenters. The smallest absolute Gasteiger partial charge is 0.417 e. The van der Waals surface area contributed by atoms with E-state index in [-0.39, 0.29) is 18.5 Å². The minimum Gasteiger partial charge on any atom is -0.444 e. The first-order valence-corrected chi connectivity index (χ1v) is 6.56. The fourth-order valence-corrected chi connectivity index (χ4v) is 1.97. The third-order valence-corrected chi connectivity index (χ3v) is 3.13. The summed E-state index contributed by atoms with van der Waals surface area (Å²) in [5, 5.41) is 4.35. The maximum Gasteiger partial charge on any atom is 0.417 e. The number of ether oxygens (including phenoxy) is 1. The first-order valence-electron chi connectivity index (χ1n) is 6.18. The number of benzene rings is 2. The number of halogens is 2. The highest BCUT2D eigenvalue weighted by Gasteiger charge is 2.12. The van der Waals surface area contributed by atoms with Crippen molar-refractivity contribution in [3.05, 3.63) is 64.9 Å². The molecule has 0 radical (unpaired) electrons. The van der Waals surface area contributed by atoms with Crippen LogP contribution in [0.1, 0.15) is 5.56 Å². The zero-order valence-electron chi connectivity index (χ0n) is 10.8. The number of hydrogen-bond acceptors (Lipinski definition) is 4. The summed E-state index contributed by atoms with van der Waals surface area (Å²) in [6, 6.07) is 13.2. The Balaban J connectivity index is 1.71. The van der Waals surface area contributed by atoms with Gasteiger partial charge in [0, 0.05) is 5.56 Å². The van der Waals surface area contributed by atoms with E-state index in [1.165, 1.54) is 12.1 Å². The fraction of sp³-hybridized carbons (Fsp3) is 0.0667. The average Bonchev–Trinajstić information content (AvgIpc) is 2.96. The lowest BCUT2D eigenvalue weighted by molar-refractivity contribution is 0.195. The van der Waals surface area contributed by atoms with Gasteiger partial charge in [-0.2, -0.15) is 4.98 Å². The van der Waals surface area contributed by atoms with E-state index in [4.69, 9.17) is 20.9 Å². The summed E-state index contributed by atoms with van der Waals surface area (Å²) in [5.41, 5.74) is 1.47. The van der Waals surface area contributed by atoms with E-state index in [1.54, 1.807) is 24.3 Å². The summed E-state index contributed by atoms with van der Waals surface area (Å²) in [5.74, 6) is 0.0623. The molecule has 106 valence electrons. The van der Waals surface area contributed by atoms with Crippen LogP contribution in [-0.2, 0) is 6.61 Å². The number of rotatable bonds is 4. The van der Waals surface area contributed by atoms with E-state index in [1.807, 2.05) is 12.1 Å². The van der Waals surface area contributed by atoms with Crippen LogP contribution in [0.25, 0.3) is 11.4 Å². The van der Waals surface area contributed by atoms with Gasteiger partial charge in [-0.3, -0.25) is 4.52 Å². The van der Waals surface area contributed by atoms with Gasteiger partial charge in [-0.15, -0.1) is 0 Å². The molecule has 0 N–H and O–H groups in total. The van der Waals surface area contributed by atoms with Gasteiger partial charge in [0.15, 0.2) is 0 Å². The minimum absolute atomic E-state index is 0.0363.